The minimum absolute atomic E-state index is 0.0424. The van der Waals surface area contributed by atoms with E-state index in [1.807, 2.05) is 0 Å². The minimum Gasteiger partial charge on any atom is -0.396 e. The SMILES string of the molecule is Nc1cc2c(cc1F)c(=O)c(S(=O)O)cn2C1CC1. The number of nitrogen functional groups attached to an aromatic ring is 1. The van der Waals surface area contributed by atoms with Crippen molar-refractivity contribution < 1.29 is 13.2 Å². The number of aromatic nitrogens is 1. The van der Waals surface area contributed by atoms with Gasteiger partial charge < -0.3 is 14.9 Å². The zero-order valence-electron chi connectivity index (χ0n) is 9.80. The molecule has 7 heteroatoms. The molecule has 1 saturated carbocycles. The Morgan fingerprint density at radius 1 is 1.42 bits per heavy atom. The van der Waals surface area contributed by atoms with Crippen LogP contribution in [-0.4, -0.2) is 13.3 Å². The topological polar surface area (TPSA) is 85.3 Å². The number of nitrogens with two attached hydrogens (primary N) is 1. The smallest absolute Gasteiger partial charge is 0.207 e. The van der Waals surface area contributed by atoms with Crippen LogP contribution in [0.2, 0.25) is 0 Å². The maximum atomic E-state index is 13.5. The van der Waals surface area contributed by atoms with Gasteiger partial charge in [0, 0.05) is 12.2 Å². The van der Waals surface area contributed by atoms with E-state index in [-0.39, 0.29) is 22.0 Å². The molecule has 2 aromatic rings. The van der Waals surface area contributed by atoms with E-state index in [1.165, 1.54) is 12.3 Å². The maximum absolute atomic E-state index is 13.5. The zero-order chi connectivity index (χ0) is 13.7. The molecule has 1 unspecified atom stereocenters. The van der Waals surface area contributed by atoms with Crippen molar-refractivity contribution in [2.24, 2.45) is 0 Å². The first kappa shape index (κ1) is 12.3. The number of pyridine rings is 1. The Morgan fingerprint density at radius 3 is 2.68 bits per heavy atom. The third-order valence-electron chi connectivity index (χ3n) is 3.25. The van der Waals surface area contributed by atoms with Crippen LogP contribution in [0.1, 0.15) is 18.9 Å². The molecule has 0 spiro atoms. The van der Waals surface area contributed by atoms with Gasteiger partial charge >= 0.3 is 0 Å². The molecule has 100 valence electrons. The van der Waals surface area contributed by atoms with Crippen LogP contribution in [0.5, 0.6) is 0 Å². The summed E-state index contributed by atoms with van der Waals surface area (Å²) in [6, 6.07) is 2.60. The van der Waals surface area contributed by atoms with Gasteiger partial charge in [-0.05, 0) is 25.0 Å². The van der Waals surface area contributed by atoms with Crippen molar-refractivity contribution >= 4 is 27.7 Å². The van der Waals surface area contributed by atoms with Crippen molar-refractivity contribution in [1.29, 1.82) is 0 Å². The molecule has 3 N–H and O–H groups in total. The molecule has 0 radical (unpaired) electrons. The van der Waals surface area contributed by atoms with Crippen molar-refractivity contribution in [3.05, 3.63) is 34.4 Å². The maximum Gasteiger partial charge on any atom is 0.207 e. The highest BCUT2D eigenvalue weighted by Gasteiger charge is 2.26. The van der Waals surface area contributed by atoms with Crippen LogP contribution in [-0.2, 0) is 11.1 Å². The molecule has 0 saturated heterocycles. The molecule has 19 heavy (non-hydrogen) atoms. The van der Waals surface area contributed by atoms with E-state index in [9.17, 15) is 13.4 Å². The van der Waals surface area contributed by atoms with Gasteiger partial charge in [0.15, 0.2) is 11.1 Å². The zero-order valence-corrected chi connectivity index (χ0v) is 10.6. The Morgan fingerprint density at radius 2 is 2.11 bits per heavy atom. The Hall–Kier alpha value is -1.73. The summed E-state index contributed by atoms with van der Waals surface area (Å²) in [7, 11) is 0. The molecule has 0 bridgehead atoms. The largest absolute Gasteiger partial charge is 0.396 e. The fourth-order valence-corrected chi connectivity index (χ4v) is 2.61. The highest BCUT2D eigenvalue weighted by molar-refractivity contribution is 7.79. The highest BCUT2D eigenvalue weighted by Crippen LogP contribution is 2.37. The molecule has 5 nitrogen and oxygen atoms in total. The van der Waals surface area contributed by atoms with E-state index < -0.39 is 22.3 Å². The van der Waals surface area contributed by atoms with E-state index in [2.05, 4.69) is 0 Å². The van der Waals surface area contributed by atoms with E-state index in [0.29, 0.717) is 5.52 Å². The van der Waals surface area contributed by atoms with Gasteiger partial charge in [0.25, 0.3) is 0 Å². The summed E-state index contributed by atoms with van der Waals surface area (Å²) in [5.74, 6) is -0.701. The van der Waals surface area contributed by atoms with E-state index in [0.717, 1.165) is 18.9 Å². The number of halogens is 1. The molecule has 0 aliphatic heterocycles. The first-order valence-corrected chi connectivity index (χ1v) is 6.84. The monoisotopic (exact) mass is 282 g/mol. The molecule has 1 heterocycles. The van der Waals surface area contributed by atoms with Crippen molar-refractivity contribution in [1.82, 2.24) is 4.57 Å². The number of anilines is 1. The number of nitrogens with zero attached hydrogens (tertiary/aromatic N) is 1. The van der Waals surface area contributed by atoms with Gasteiger partial charge in [-0.1, -0.05) is 0 Å². The lowest BCUT2D eigenvalue weighted by molar-refractivity contribution is 0.562. The molecular formula is C12H11FN2O3S. The standard InChI is InChI=1S/C12H11FN2O3S/c13-8-3-7-10(4-9(8)14)15(6-1-2-6)5-11(12(7)16)19(17)18/h3-6H,1-2,14H2,(H,17,18). The Balaban J connectivity index is 2.45. The molecule has 1 fully saturated rings. The summed E-state index contributed by atoms with van der Waals surface area (Å²) in [4.78, 5) is 11.8. The molecule has 1 aliphatic rings. The predicted molar refractivity (Wildman–Crippen MR) is 69.9 cm³/mol. The third kappa shape index (κ3) is 1.95. The second-order valence-corrected chi connectivity index (χ2v) is 5.54. The van der Waals surface area contributed by atoms with Gasteiger partial charge in [0.1, 0.15) is 10.7 Å². The molecule has 3 rings (SSSR count). The van der Waals surface area contributed by atoms with Crippen molar-refractivity contribution in [3.8, 4) is 0 Å². The second kappa shape index (κ2) is 4.14. The average Bonchev–Trinajstić information content (AvgIpc) is 3.16. The van der Waals surface area contributed by atoms with E-state index in [1.54, 1.807) is 4.57 Å². The van der Waals surface area contributed by atoms with Gasteiger partial charge in [0.05, 0.1) is 16.6 Å². The van der Waals surface area contributed by atoms with Crippen LogP contribution in [0, 0.1) is 5.82 Å². The number of fused-ring (bicyclic) bond motifs is 1. The Labute approximate surface area is 110 Å². The van der Waals surface area contributed by atoms with Crippen molar-refractivity contribution in [3.63, 3.8) is 0 Å². The average molecular weight is 282 g/mol. The number of hydrogen-bond donors (Lipinski definition) is 2. The van der Waals surface area contributed by atoms with Crippen LogP contribution < -0.4 is 11.2 Å². The van der Waals surface area contributed by atoms with Gasteiger partial charge in [-0.2, -0.15) is 0 Å². The van der Waals surface area contributed by atoms with Gasteiger partial charge in [-0.25, -0.2) is 8.60 Å². The summed E-state index contributed by atoms with van der Waals surface area (Å²) < 4.78 is 35.6. The highest BCUT2D eigenvalue weighted by atomic mass is 32.2. The predicted octanol–water partition coefficient (Wildman–Crippen LogP) is 1.64. The van der Waals surface area contributed by atoms with E-state index >= 15 is 0 Å². The molecule has 0 amide bonds. The van der Waals surface area contributed by atoms with Crippen LogP contribution in [0.3, 0.4) is 0 Å². The molecular weight excluding hydrogens is 271 g/mol. The summed E-state index contributed by atoms with van der Waals surface area (Å²) in [6.45, 7) is 0. The summed E-state index contributed by atoms with van der Waals surface area (Å²) >= 11 is -2.39. The van der Waals surface area contributed by atoms with Crippen LogP contribution in [0.15, 0.2) is 28.0 Å². The lowest BCUT2D eigenvalue weighted by Crippen LogP contribution is -2.16. The summed E-state index contributed by atoms with van der Waals surface area (Å²) in [5.41, 5.74) is 5.35. The fraction of sp³-hybridized carbons (Fsp3) is 0.250. The van der Waals surface area contributed by atoms with Crippen molar-refractivity contribution in [2.75, 3.05) is 5.73 Å². The third-order valence-corrected chi connectivity index (χ3v) is 3.91. The molecule has 1 atom stereocenters. The van der Waals surface area contributed by atoms with Gasteiger partial charge in [-0.15, -0.1) is 0 Å². The number of hydrogen-bond acceptors (Lipinski definition) is 3. The lowest BCUT2D eigenvalue weighted by atomic mass is 10.1. The second-order valence-electron chi connectivity index (χ2n) is 4.60. The number of benzene rings is 1. The molecule has 1 aromatic carbocycles. The van der Waals surface area contributed by atoms with Gasteiger partial charge in [-0.3, -0.25) is 4.79 Å². The molecule has 1 aliphatic carbocycles. The fourth-order valence-electron chi connectivity index (χ4n) is 2.14. The van der Waals surface area contributed by atoms with Crippen LogP contribution in [0.4, 0.5) is 10.1 Å². The quantitative estimate of drug-likeness (QED) is 0.647. The lowest BCUT2D eigenvalue weighted by Gasteiger charge is -2.12. The van der Waals surface area contributed by atoms with Crippen molar-refractivity contribution in [2.45, 2.75) is 23.8 Å². The summed E-state index contributed by atoms with van der Waals surface area (Å²) in [5, 5.41) is 0.0819. The Kier molecular flexibility index (Phi) is 2.68. The van der Waals surface area contributed by atoms with Gasteiger partial charge in [0.2, 0.25) is 5.43 Å². The van der Waals surface area contributed by atoms with Crippen LogP contribution in [0.25, 0.3) is 10.9 Å². The summed E-state index contributed by atoms with van der Waals surface area (Å²) in [6.07, 6.45) is 3.22. The Bertz CT molecular complexity index is 768. The molecule has 1 aromatic heterocycles. The normalized spacial score (nSPS) is 16.7. The first-order valence-electron chi connectivity index (χ1n) is 5.74. The number of rotatable bonds is 2. The van der Waals surface area contributed by atoms with Crippen LogP contribution >= 0.6 is 0 Å². The first-order chi connectivity index (χ1) is 8.99. The minimum atomic E-state index is -2.39. The van der Waals surface area contributed by atoms with E-state index in [4.69, 9.17) is 10.3 Å².